The Labute approximate surface area is 142 Å². The van der Waals surface area contributed by atoms with Gasteiger partial charge in [-0.25, -0.2) is 0 Å². The van der Waals surface area contributed by atoms with Gasteiger partial charge in [0.1, 0.15) is 0 Å². The molecule has 122 valence electrons. The number of carbonyl (C=O) groups excluding carboxylic acids is 1. The number of nitriles is 1. The van der Waals surface area contributed by atoms with Crippen LogP contribution in [0.25, 0.3) is 0 Å². The van der Waals surface area contributed by atoms with E-state index >= 15 is 0 Å². The molecular formula is C20H21N3O. The van der Waals surface area contributed by atoms with Gasteiger partial charge in [0.05, 0.1) is 24.2 Å². The fourth-order valence-electron chi connectivity index (χ4n) is 3.31. The van der Waals surface area contributed by atoms with Crippen LogP contribution in [0, 0.1) is 11.3 Å². The molecule has 0 spiro atoms. The van der Waals surface area contributed by atoms with Crippen LogP contribution in [0.2, 0.25) is 0 Å². The van der Waals surface area contributed by atoms with Crippen LogP contribution in [0.4, 0.5) is 5.69 Å². The van der Waals surface area contributed by atoms with Crippen molar-refractivity contribution in [1.29, 1.82) is 5.26 Å². The maximum Gasteiger partial charge on any atom is 0.242 e. The molecule has 0 fully saturated rings. The number of amides is 1. The highest BCUT2D eigenvalue weighted by atomic mass is 16.2. The summed E-state index contributed by atoms with van der Waals surface area (Å²) in [6.45, 7) is 0.226. The zero-order chi connectivity index (χ0) is 16.9. The summed E-state index contributed by atoms with van der Waals surface area (Å²) in [5.74, 6) is 0.0547. The average molecular weight is 319 g/mol. The van der Waals surface area contributed by atoms with Crippen molar-refractivity contribution in [2.75, 3.05) is 18.9 Å². The summed E-state index contributed by atoms with van der Waals surface area (Å²) in [7, 11) is 1.88. The van der Waals surface area contributed by atoms with E-state index in [1.807, 2.05) is 30.1 Å². The van der Waals surface area contributed by atoms with Gasteiger partial charge < -0.3 is 10.2 Å². The van der Waals surface area contributed by atoms with E-state index in [1.165, 1.54) is 11.1 Å². The molecule has 3 rings (SSSR count). The molecule has 1 aliphatic rings. The largest absolute Gasteiger partial charge is 0.376 e. The lowest BCUT2D eigenvalue weighted by molar-refractivity contribution is -0.130. The van der Waals surface area contributed by atoms with Gasteiger partial charge in [-0.3, -0.25) is 4.79 Å². The number of aryl methyl sites for hydroxylation is 1. The molecule has 1 amide bonds. The van der Waals surface area contributed by atoms with Gasteiger partial charge in [-0.1, -0.05) is 30.3 Å². The molecule has 4 heteroatoms. The van der Waals surface area contributed by atoms with Gasteiger partial charge in [-0.15, -0.1) is 0 Å². The van der Waals surface area contributed by atoms with Crippen molar-refractivity contribution in [1.82, 2.24) is 4.90 Å². The fraction of sp³-hybridized carbons (Fsp3) is 0.300. The summed E-state index contributed by atoms with van der Waals surface area (Å²) < 4.78 is 0. The highest BCUT2D eigenvalue weighted by Crippen LogP contribution is 2.33. The molecular weight excluding hydrogens is 298 g/mol. The number of anilines is 1. The molecule has 2 aromatic rings. The van der Waals surface area contributed by atoms with Crippen molar-refractivity contribution in [3.63, 3.8) is 0 Å². The van der Waals surface area contributed by atoms with Crippen LogP contribution in [0.1, 0.15) is 35.6 Å². The van der Waals surface area contributed by atoms with Crippen LogP contribution in [-0.4, -0.2) is 24.4 Å². The van der Waals surface area contributed by atoms with E-state index in [9.17, 15) is 4.79 Å². The van der Waals surface area contributed by atoms with Gasteiger partial charge >= 0.3 is 0 Å². The third-order valence-corrected chi connectivity index (χ3v) is 4.63. The number of carbonyl (C=O) groups is 1. The van der Waals surface area contributed by atoms with E-state index in [2.05, 4.69) is 29.6 Å². The zero-order valence-corrected chi connectivity index (χ0v) is 13.8. The van der Waals surface area contributed by atoms with Gasteiger partial charge in [0.25, 0.3) is 0 Å². The molecule has 4 nitrogen and oxygen atoms in total. The van der Waals surface area contributed by atoms with Crippen LogP contribution >= 0.6 is 0 Å². The Morgan fingerprint density at radius 3 is 2.96 bits per heavy atom. The number of benzene rings is 2. The molecule has 1 atom stereocenters. The van der Waals surface area contributed by atoms with E-state index < -0.39 is 0 Å². The van der Waals surface area contributed by atoms with E-state index in [0.29, 0.717) is 5.56 Å². The molecule has 1 aliphatic carbocycles. The quantitative estimate of drug-likeness (QED) is 0.938. The van der Waals surface area contributed by atoms with Crippen molar-refractivity contribution in [2.24, 2.45) is 0 Å². The Morgan fingerprint density at radius 2 is 2.12 bits per heavy atom. The van der Waals surface area contributed by atoms with Crippen molar-refractivity contribution < 1.29 is 4.79 Å². The molecule has 0 saturated carbocycles. The third-order valence-electron chi connectivity index (χ3n) is 4.63. The lowest BCUT2D eigenvalue weighted by atomic mass is 9.87. The molecule has 0 bridgehead atoms. The SMILES string of the molecule is CN(C(=O)CNc1cccc(C#N)c1)C1CCCc2ccccc21. The Morgan fingerprint density at radius 1 is 1.29 bits per heavy atom. The topological polar surface area (TPSA) is 56.1 Å². The normalized spacial score (nSPS) is 15.9. The number of nitrogens with one attached hydrogen (secondary N) is 1. The van der Waals surface area contributed by atoms with Crippen molar-refractivity contribution in [3.8, 4) is 6.07 Å². The fourth-order valence-corrected chi connectivity index (χ4v) is 3.31. The Kier molecular flexibility index (Phi) is 4.81. The number of likely N-dealkylation sites (N-methyl/N-ethyl adjacent to an activating group) is 1. The minimum atomic E-state index is 0.0547. The molecule has 0 aliphatic heterocycles. The number of hydrogen-bond acceptors (Lipinski definition) is 3. The maximum absolute atomic E-state index is 12.6. The number of fused-ring (bicyclic) bond motifs is 1. The van der Waals surface area contributed by atoms with Crippen molar-refractivity contribution in [3.05, 3.63) is 65.2 Å². The van der Waals surface area contributed by atoms with E-state index in [4.69, 9.17) is 5.26 Å². The average Bonchev–Trinajstić information content (AvgIpc) is 2.65. The van der Waals surface area contributed by atoms with Crippen LogP contribution in [0.3, 0.4) is 0 Å². The summed E-state index contributed by atoms with van der Waals surface area (Å²) in [5.41, 5.74) is 4.00. The minimum absolute atomic E-state index is 0.0547. The Balaban J connectivity index is 1.66. The van der Waals surface area contributed by atoms with Crippen LogP contribution in [0.5, 0.6) is 0 Å². The molecule has 2 aromatic carbocycles. The number of rotatable bonds is 4. The molecule has 0 saturated heterocycles. The summed E-state index contributed by atoms with van der Waals surface area (Å²) in [4.78, 5) is 14.4. The summed E-state index contributed by atoms with van der Waals surface area (Å²) in [6, 6.07) is 17.8. The molecule has 0 radical (unpaired) electrons. The summed E-state index contributed by atoms with van der Waals surface area (Å²) >= 11 is 0. The zero-order valence-electron chi connectivity index (χ0n) is 13.8. The van der Waals surface area contributed by atoms with Gasteiger partial charge in [-0.05, 0) is 48.6 Å². The first-order valence-electron chi connectivity index (χ1n) is 8.26. The van der Waals surface area contributed by atoms with Crippen LogP contribution in [-0.2, 0) is 11.2 Å². The predicted molar refractivity (Wildman–Crippen MR) is 94.5 cm³/mol. The minimum Gasteiger partial charge on any atom is -0.376 e. The van der Waals surface area contributed by atoms with E-state index in [1.54, 1.807) is 12.1 Å². The lowest BCUT2D eigenvalue weighted by Gasteiger charge is -2.33. The Hall–Kier alpha value is -2.80. The monoisotopic (exact) mass is 319 g/mol. The van der Waals surface area contributed by atoms with Crippen LogP contribution in [0.15, 0.2) is 48.5 Å². The first-order valence-corrected chi connectivity index (χ1v) is 8.26. The van der Waals surface area contributed by atoms with Gasteiger partial charge in [0.2, 0.25) is 5.91 Å². The number of hydrogen-bond donors (Lipinski definition) is 1. The third kappa shape index (κ3) is 3.41. The molecule has 0 aromatic heterocycles. The molecule has 0 heterocycles. The molecule has 24 heavy (non-hydrogen) atoms. The second-order valence-corrected chi connectivity index (χ2v) is 6.16. The smallest absolute Gasteiger partial charge is 0.242 e. The first kappa shape index (κ1) is 16.1. The lowest BCUT2D eigenvalue weighted by Crippen LogP contribution is -2.37. The highest BCUT2D eigenvalue weighted by molar-refractivity contribution is 5.81. The second kappa shape index (κ2) is 7.18. The van der Waals surface area contributed by atoms with Gasteiger partial charge in [-0.2, -0.15) is 5.26 Å². The standard InChI is InChI=1S/C20H21N3O/c1-23(19-11-5-8-16-7-2-3-10-18(16)19)20(24)14-22-17-9-4-6-15(12-17)13-21/h2-4,6-7,9-10,12,19,22H,5,8,11,14H2,1H3. The van der Waals surface area contributed by atoms with Gasteiger partial charge in [0, 0.05) is 12.7 Å². The Bertz CT molecular complexity index is 778. The first-order chi connectivity index (χ1) is 11.7. The highest BCUT2D eigenvalue weighted by Gasteiger charge is 2.26. The molecule has 1 unspecified atom stereocenters. The summed E-state index contributed by atoms with van der Waals surface area (Å²) in [5, 5.41) is 12.1. The maximum atomic E-state index is 12.6. The summed E-state index contributed by atoms with van der Waals surface area (Å²) in [6.07, 6.45) is 3.20. The van der Waals surface area contributed by atoms with Crippen molar-refractivity contribution >= 4 is 11.6 Å². The van der Waals surface area contributed by atoms with E-state index in [-0.39, 0.29) is 18.5 Å². The second-order valence-electron chi connectivity index (χ2n) is 6.16. The predicted octanol–water partition coefficient (Wildman–Crippen LogP) is 3.51. The van der Waals surface area contributed by atoms with Crippen LogP contribution < -0.4 is 5.32 Å². The molecule has 1 N–H and O–H groups in total. The van der Waals surface area contributed by atoms with Crippen molar-refractivity contribution in [2.45, 2.75) is 25.3 Å². The van der Waals surface area contributed by atoms with E-state index in [0.717, 1.165) is 24.9 Å². The van der Waals surface area contributed by atoms with Gasteiger partial charge in [0.15, 0.2) is 0 Å². The number of nitrogens with zero attached hydrogens (tertiary/aromatic N) is 2.